The van der Waals surface area contributed by atoms with Crippen LogP contribution in [0.3, 0.4) is 0 Å². The predicted molar refractivity (Wildman–Crippen MR) is 76.4 cm³/mol. The van der Waals surface area contributed by atoms with Crippen LogP contribution in [0.1, 0.15) is 24.0 Å². The Bertz CT molecular complexity index is 320. The summed E-state index contributed by atoms with van der Waals surface area (Å²) in [4.78, 5) is 15.5. The zero-order valence-electron chi connectivity index (χ0n) is 9.77. The molecule has 0 saturated heterocycles. The number of amides is 1. The maximum atomic E-state index is 11.1. The lowest BCUT2D eigenvalue weighted by atomic mass is 10.3. The number of hydrogen-bond donors (Lipinski definition) is 2. The quantitative estimate of drug-likeness (QED) is 0.837. The van der Waals surface area contributed by atoms with Crippen LogP contribution in [0, 0.1) is 0 Å². The Hall–Kier alpha value is -0.360. The average Bonchev–Trinajstić information content (AvgIpc) is 2.66. The first-order valence-electron chi connectivity index (χ1n) is 5.16. The van der Waals surface area contributed by atoms with Crippen LogP contribution >= 0.6 is 36.2 Å². The summed E-state index contributed by atoms with van der Waals surface area (Å²) in [5, 5.41) is 6.01. The summed E-state index contributed by atoms with van der Waals surface area (Å²) in [7, 11) is 0. The van der Waals surface area contributed by atoms with Gasteiger partial charge in [0.05, 0.1) is 10.7 Å². The van der Waals surface area contributed by atoms with E-state index in [0.29, 0.717) is 19.5 Å². The van der Waals surface area contributed by atoms with E-state index in [4.69, 9.17) is 5.73 Å². The topological polar surface area (TPSA) is 68.0 Å². The number of aryl methyl sites for hydroxylation is 1. The van der Waals surface area contributed by atoms with E-state index in [9.17, 15) is 4.79 Å². The summed E-state index contributed by atoms with van der Waals surface area (Å²) < 4.78 is 0. The van der Waals surface area contributed by atoms with Gasteiger partial charge in [0, 0.05) is 31.3 Å². The number of hydrogen-bond acceptors (Lipinski definition) is 4. The second-order valence-electron chi connectivity index (χ2n) is 3.22. The molecule has 1 rings (SSSR count). The second kappa shape index (κ2) is 10.8. The summed E-state index contributed by atoms with van der Waals surface area (Å²) in [5.41, 5.74) is 6.32. The standard InChI is InChI=1S/C10H17N3OS.2ClH/c1-2-10-13-8(7-15-10)4-6-12-9(14)3-5-11;;/h7H,2-6,11H2,1H3,(H,12,14);2*1H. The maximum Gasteiger partial charge on any atom is 0.221 e. The first-order valence-corrected chi connectivity index (χ1v) is 6.04. The number of nitrogens with one attached hydrogen (secondary N) is 1. The molecule has 100 valence electrons. The Morgan fingerprint density at radius 2 is 2.24 bits per heavy atom. The monoisotopic (exact) mass is 299 g/mol. The number of aromatic nitrogens is 1. The van der Waals surface area contributed by atoms with Crippen molar-refractivity contribution >= 4 is 42.1 Å². The Labute approximate surface area is 118 Å². The highest BCUT2D eigenvalue weighted by atomic mass is 35.5. The molecule has 1 heterocycles. The molecule has 4 nitrogen and oxygen atoms in total. The molecule has 0 saturated carbocycles. The Morgan fingerprint density at radius 3 is 2.76 bits per heavy atom. The highest BCUT2D eigenvalue weighted by molar-refractivity contribution is 7.09. The van der Waals surface area contributed by atoms with Crippen molar-refractivity contribution in [1.29, 1.82) is 0 Å². The van der Waals surface area contributed by atoms with Gasteiger partial charge in [0.25, 0.3) is 0 Å². The first kappa shape index (κ1) is 19.0. The zero-order valence-corrected chi connectivity index (χ0v) is 12.2. The van der Waals surface area contributed by atoms with Crippen LogP contribution in [0.5, 0.6) is 0 Å². The van der Waals surface area contributed by atoms with Gasteiger partial charge in [-0.05, 0) is 6.42 Å². The summed E-state index contributed by atoms with van der Waals surface area (Å²) in [6.45, 7) is 3.14. The third kappa shape index (κ3) is 7.54. The molecule has 0 bridgehead atoms. The number of rotatable bonds is 6. The molecule has 0 aliphatic heterocycles. The van der Waals surface area contributed by atoms with Crippen LogP contribution in [-0.2, 0) is 17.6 Å². The van der Waals surface area contributed by atoms with Crippen LogP contribution < -0.4 is 11.1 Å². The first-order chi connectivity index (χ1) is 7.26. The molecule has 3 N–H and O–H groups in total. The van der Waals surface area contributed by atoms with Gasteiger partial charge >= 0.3 is 0 Å². The molecule has 1 amide bonds. The van der Waals surface area contributed by atoms with E-state index in [1.165, 1.54) is 0 Å². The summed E-state index contributed by atoms with van der Waals surface area (Å²) >= 11 is 1.67. The minimum atomic E-state index is 0. The minimum Gasteiger partial charge on any atom is -0.356 e. The predicted octanol–water partition coefficient (Wildman–Crippen LogP) is 1.56. The van der Waals surface area contributed by atoms with Gasteiger partial charge in [-0.3, -0.25) is 4.79 Å². The second-order valence-corrected chi connectivity index (χ2v) is 4.17. The molecular formula is C10H19Cl2N3OS. The van der Waals surface area contributed by atoms with Crippen LogP contribution in [0.15, 0.2) is 5.38 Å². The van der Waals surface area contributed by atoms with Crippen LogP contribution in [0.25, 0.3) is 0 Å². The fraction of sp³-hybridized carbons (Fsp3) is 0.600. The van der Waals surface area contributed by atoms with Crippen LogP contribution in [-0.4, -0.2) is 24.0 Å². The molecule has 0 unspecified atom stereocenters. The Morgan fingerprint density at radius 1 is 1.53 bits per heavy atom. The summed E-state index contributed by atoms with van der Waals surface area (Å²) in [5.74, 6) is 0.0171. The largest absolute Gasteiger partial charge is 0.356 e. The van der Waals surface area contributed by atoms with Crippen molar-refractivity contribution in [1.82, 2.24) is 10.3 Å². The lowest BCUT2D eigenvalue weighted by Gasteiger charge is -2.01. The van der Waals surface area contributed by atoms with Gasteiger partial charge in [0.1, 0.15) is 0 Å². The lowest BCUT2D eigenvalue weighted by Crippen LogP contribution is -2.27. The van der Waals surface area contributed by atoms with E-state index in [1.807, 2.05) is 5.38 Å². The van der Waals surface area contributed by atoms with E-state index < -0.39 is 0 Å². The van der Waals surface area contributed by atoms with E-state index in [1.54, 1.807) is 11.3 Å². The van der Waals surface area contributed by atoms with Crippen molar-refractivity contribution in [3.63, 3.8) is 0 Å². The minimum absolute atomic E-state index is 0. The molecule has 7 heteroatoms. The van der Waals surface area contributed by atoms with E-state index in [0.717, 1.165) is 23.5 Å². The molecule has 0 radical (unpaired) electrons. The molecule has 0 aromatic carbocycles. The molecule has 0 aliphatic carbocycles. The van der Waals surface area contributed by atoms with Crippen molar-refractivity contribution in [3.8, 4) is 0 Å². The maximum absolute atomic E-state index is 11.1. The lowest BCUT2D eigenvalue weighted by molar-refractivity contribution is -0.120. The Balaban J connectivity index is 0. The van der Waals surface area contributed by atoms with Gasteiger partial charge in [-0.15, -0.1) is 36.2 Å². The number of thiazole rings is 1. The molecule has 1 aromatic rings. The van der Waals surface area contributed by atoms with Gasteiger partial charge in [-0.25, -0.2) is 4.98 Å². The fourth-order valence-electron chi connectivity index (χ4n) is 1.18. The average molecular weight is 300 g/mol. The van der Waals surface area contributed by atoms with E-state index >= 15 is 0 Å². The Kier molecular flexibility index (Phi) is 12.0. The van der Waals surface area contributed by atoms with Gasteiger partial charge in [0.15, 0.2) is 0 Å². The number of nitrogens with zero attached hydrogens (tertiary/aromatic N) is 1. The number of halogens is 2. The highest BCUT2D eigenvalue weighted by Gasteiger charge is 2.02. The highest BCUT2D eigenvalue weighted by Crippen LogP contribution is 2.10. The van der Waals surface area contributed by atoms with Gasteiger partial charge in [-0.2, -0.15) is 0 Å². The summed E-state index contributed by atoms with van der Waals surface area (Å²) in [6, 6.07) is 0. The number of nitrogens with two attached hydrogens (primary N) is 1. The SMILES string of the molecule is CCc1nc(CCNC(=O)CCN)cs1.Cl.Cl. The van der Waals surface area contributed by atoms with E-state index in [-0.39, 0.29) is 30.7 Å². The molecule has 17 heavy (non-hydrogen) atoms. The van der Waals surface area contributed by atoms with Gasteiger partial charge in [0.2, 0.25) is 5.91 Å². The number of carbonyl (C=O) groups is 1. The third-order valence-electron chi connectivity index (χ3n) is 1.98. The fourth-order valence-corrected chi connectivity index (χ4v) is 1.95. The van der Waals surface area contributed by atoms with E-state index in [2.05, 4.69) is 17.2 Å². The number of carbonyl (C=O) groups excluding carboxylic acids is 1. The molecule has 0 fully saturated rings. The normalized spacial score (nSPS) is 9.06. The molecular weight excluding hydrogens is 281 g/mol. The molecule has 0 atom stereocenters. The molecule has 0 aliphatic rings. The van der Waals surface area contributed by atoms with Crippen molar-refractivity contribution in [2.45, 2.75) is 26.2 Å². The van der Waals surface area contributed by atoms with Crippen molar-refractivity contribution < 1.29 is 4.79 Å². The van der Waals surface area contributed by atoms with Crippen molar-refractivity contribution in [2.75, 3.05) is 13.1 Å². The van der Waals surface area contributed by atoms with Gasteiger partial charge < -0.3 is 11.1 Å². The van der Waals surface area contributed by atoms with Crippen molar-refractivity contribution in [3.05, 3.63) is 16.1 Å². The summed E-state index contributed by atoms with van der Waals surface area (Å²) in [6.07, 6.45) is 2.17. The van der Waals surface area contributed by atoms with Crippen LogP contribution in [0.2, 0.25) is 0 Å². The van der Waals surface area contributed by atoms with Crippen molar-refractivity contribution in [2.24, 2.45) is 5.73 Å². The van der Waals surface area contributed by atoms with Crippen LogP contribution in [0.4, 0.5) is 0 Å². The zero-order chi connectivity index (χ0) is 11.1. The smallest absolute Gasteiger partial charge is 0.221 e. The third-order valence-corrected chi connectivity index (χ3v) is 3.02. The van der Waals surface area contributed by atoms with Gasteiger partial charge in [-0.1, -0.05) is 6.92 Å². The molecule has 1 aromatic heterocycles. The molecule has 0 spiro atoms.